The molecule has 0 radical (unpaired) electrons. The molecule has 0 aromatic heterocycles. The van der Waals surface area contributed by atoms with Crippen LogP contribution in [0.3, 0.4) is 0 Å². The molecular formula is C30H50. The molecule has 5 atom stereocenters. The van der Waals surface area contributed by atoms with E-state index in [1.165, 1.54) is 77.0 Å². The summed E-state index contributed by atoms with van der Waals surface area (Å²) in [5, 5.41) is 0. The van der Waals surface area contributed by atoms with Crippen molar-refractivity contribution in [2.75, 3.05) is 0 Å². The molecule has 3 fully saturated rings. The van der Waals surface area contributed by atoms with Crippen LogP contribution in [0, 0.1) is 39.4 Å². The van der Waals surface area contributed by atoms with Crippen molar-refractivity contribution in [3.05, 3.63) is 23.3 Å². The molecule has 0 heteroatoms. The van der Waals surface area contributed by atoms with Crippen LogP contribution in [-0.4, -0.2) is 0 Å². The maximum absolute atomic E-state index is 4.67. The van der Waals surface area contributed by atoms with Gasteiger partial charge in [-0.2, -0.15) is 0 Å². The van der Waals surface area contributed by atoms with Crippen molar-refractivity contribution in [1.82, 2.24) is 0 Å². The summed E-state index contributed by atoms with van der Waals surface area (Å²) in [5.41, 5.74) is 7.16. The number of hydrogen-bond donors (Lipinski definition) is 0. The van der Waals surface area contributed by atoms with Gasteiger partial charge >= 0.3 is 0 Å². The minimum atomic E-state index is 0.451. The topological polar surface area (TPSA) is 0 Å². The van der Waals surface area contributed by atoms with Gasteiger partial charge in [-0.15, -0.1) is 0 Å². The third-order valence-corrected chi connectivity index (χ3v) is 11.2. The summed E-state index contributed by atoms with van der Waals surface area (Å²) in [6.07, 6.45) is 16.6. The average Bonchev–Trinajstić information content (AvgIpc) is 2.61. The van der Waals surface area contributed by atoms with Crippen LogP contribution >= 0.6 is 0 Å². The van der Waals surface area contributed by atoms with Gasteiger partial charge in [-0.05, 0) is 111 Å². The van der Waals surface area contributed by atoms with Gasteiger partial charge in [-0.25, -0.2) is 0 Å². The van der Waals surface area contributed by atoms with Crippen molar-refractivity contribution in [3.63, 3.8) is 0 Å². The Labute approximate surface area is 188 Å². The fraction of sp³-hybridized carbons (Fsp3) is 0.867. The molecule has 0 aliphatic heterocycles. The zero-order valence-corrected chi connectivity index (χ0v) is 21.4. The zero-order valence-electron chi connectivity index (χ0n) is 21.4. The number of rotatable bonds is 3. The van der Waals surface area contributed by atoms with E-state index in [0.717, 1.165) is 17.8 Å². The van der Waals surface area contributed by atoms with E-state index in [1.807, 2.05) is 5.57 Å². The molecule has 0 saturated heterocycles. The lowest BCUT2D eigenvalue weighted by Gasteiger charge is -2.59. The SMILES string of the molecule is C=C1CC[C@H]2C(C)(C)CCC[C@]2(C)[C@H]1CCC1=C(C)CC[C@@H]2C(C)(C)CCC[C@]12C. The molecule has 0 unspecified atom stereocenters. The molecule has 3 saturated carbocycles. The molecule has 170 valence electrons. The van der Waals surface area contributed by atoms with E-state index >= 15 is 0 Å². The third-order valence-electron chi connectivity index (χ3n) is 11.2. The maximum Gasteiger partial charge on any atom is -0.00804 e. The van der Waals surface area contributed by atoms with Crippen molar-refractivity contribution in [3.8, 4) is 0 Å². The zero-order chi connectivity index (χ0) is 21.9. The minimum absolute atomic E-state index is 0.451. The van der Waals surface area contributed by atoms with E-state index in [1.54, 1.807) is 11.1 Å². The lowest BCUT2D eigenvalue weighted by atomic mass is 9.46. The predicted molar refractivity (Wildman–Crippen MR) is 131 cm³/mol. The molecule has 0 bridgehead atoms. The quantitative estimate of drug-likeness (QED) is 0.406. The van der Waals surface area contributed by atoms with Crippen LogP contribution in [0.5, 0.6) is 0 Å². The van der Waals surface area contributed by atoms with Gasteiger partial charge in [0.05, 0.1) is 0 Å². The average molecular weight is 411 g/mol. The molecule has 4 aliphatic carbocycles. The van der Waals surface area contributed by atoms with E-state index in [-0.39, 0.29) is 0 Å². The van der Waals surface area contributed by atoms with Crippen LogP contribution in [0.25, 0.3) is 0 Å². The molecule has 0 aromatic rings. The molecule has 0 spiro atoms. The van der Waals surface area contributed by atoms with Crippen molar-refractivity contribution in [2.45, 2.75) is 126 Å². The molecule has 0 N–H and O–H groups in total. The summed E-state index contributed by atoms with van der Waals surface area (Å²) in [5.74, 6) is 2.49. The standard InChI is InChI=1S/C30H50/c1-21-11-15-25-27(3,4)17-9-19-29(25,7)23(21)13-14-24-22(2)12-16-26-28(5,6)18-10-20-30(24,26)8/h23,25-26H,1,9-20H2,2-8H3/t23-,25-,26+,29+,30+/m0/s1. The minimum Gasteiger partial charge on any atom is -0.0996 e. The van der Waals surface area contributed by atoms with Gasteiger partial charge in [0, 0.05) is 0 Å². The van der Waals surface area contributed by atoms with Gasteiger partial charge in [0.15, 0.2) is 0 Å². The van der Waals surface area contributed by atoms with E-state index in [0.29, 0.717) is 21.7 Å². The second-order valence-corrected chi connectivity index (χ2v) is 13.8. The first-order valence-electron chi connectivity index (χ1n) is 13.3. The molecule has 30 heavy (non-hydrogen) atoms. The highest BCUT2D eigenvalue weighted by Gasteiger charge is 2.54. The van der Waals surface area contributed by atoms with Crippen LogP contribution in [-0.2, 0) is 0 Å². The normalized spacial score (nSPS) is 43.2. The summed E-state index contributed by atoms with van der Waals surface area (Å²) < 4.78 is 0. The monoisotopic (exact) mass is 410 g/mol. The molecule has 0 heterocycles. The fourth-order valence-corrected chi connectivity index (χ4v) is 9.79. The summed E-state index contributed by atoms with van der Waals surface area (Å²) in [7, 11) is 0. The van der Waals surface area contributed by atoms with E-state index in [4.69, 9.17) is 0 Å². The molecule has 0 nitrogen and oxygen atoms in total. The van der Waals surface area contributed by atoms with Crippen LogP contribution in [0.15, 0.2) is 23.3 Å². The van der Waals surface area contributed by atoms with E-state index in [2.05, 4.69) is 55.0 Å². The highest BCUT2D eigenvalue weighted by atomic mass is 14.6. The second kappa shape index (κ2) is 7.52. The first kappa shape index (κ1) is 22.7. The van der Waals surface area contributed by atoms with Gasteiger partial charge in [-0.3, -0.25) is 0 Å². The molecule has 4 rings (SSSR count). The van der Waals surface area contributed by atoms with Gasteiger partial charge < -0.3 is 0 Å². The Morgan fingerprint density at radius 1 is 0.800 bits per heavy atom. The Morgan fingerprint density at radius 2 is 1.40 bits per heavy atom. The van der Waals surface area contributed by atoms with Gasteiger partial charge in [0.2, 0.25) is 0 Å². The Morgan fingerprint density at radius 3 is 2.10 bits per heavy atom. The van der Waals surface area contributed by atoms with Crippen LogP contribution in [0.1, 0.15) is 126 Å². The molecule has 4 aliphatic rings. The molecular weight excluding hydrogens is 360 g/mol. The van der Waals surface area contributed by atoms with Crippen molar-refractivity contribution >= 4 is 0 Å². The van der Waals surface area contributed by atoms with Gasteiger partial charge in [0.1, 0.15) is 0 Å². The summed E-state index contributed by atoms with van der Waals surface area (Å²) in [6.45, 7) is 22.7. The lowest BCUT2D eigenvalue weighted by Crippen LogP contribution is -2.49. The molecule has 0 amide bonds. The maximum atomic E-state index is 4.67. The van der Waals surface area contributed by atoms with Crippen LogP contribution < -0.4 is 0 Å². The fourth-order valence-electron chi connectivity index (χ4n) is 9.79. The predicted octanol–water partition coefficient (Wildman–Crippen LogP) is 9.51. The first-order valence-corrected chi connectivity index (χ1v) is 13.3. The van der Waals surface area contributed by atoms with Crippen LogP contribution in [0.4, 0.5) is 0 Å². The van der Waals surface area contributed by atoms with Crippen molar-refractivity contribution < 1.29 is 0 Å². The number of allylic oxidation sites excluding steroid dienone is 3. The Kier molecular flexibility index (Phi) is 5.68. The van der Waals surface area contributed by atoms with Gasteiger partial charge in [-0.1, -0.05) is 77.7 Å². The lowest BCUT2D eigenvalue weighted by molar-refractivity contribution is -0.0550. The third kappa shape index (κ3) is 3.47. The summed E-state index contributed by atoms with van der Waals surface area (Å²) in [6, 6.07) is 0. The van der Waals surface area contributed by atoms with Gasteiger partial charge in [0.25, 0.3) is 0 Å². The largest absolute Gasteiger partial charge is 0.0996 e. The van der Waals surface area contributed by atoms with Crippen molar-refractivity contribution in [2.24, 2.45) is 39.4 Å². The number of fused-ring (bicyclic) bond motifs is 2. The first-order chi connectivity index (χ1) is 13.9. The van der Waals surface area contributed by atoms with Crippen LogP contribution in [0.2, 0.25) is 0 Å². The highest BCUT2D eigenvalue weighted by Crippen LogP contribution is 2.64. The Balaban J connectivity index is 1.59. The van der Waals surface area contributed by atoms with Crippen molar-refractivity contribution in [1.29, 1.82) is 0 Å². The van der Waals surface area contributed by atoms with E-state index < -0.39 is 0 Å². The summed E-state index contributed by atoms with van der Waals surface area (Å²) >= 11 is 0. The Hall–Kier alpha value is -0.520. The second-order valence-electron chi connectivity index (χ2n) is 13.8. The highest BCUT2D eigenvalue weighted by molar-refractivity contribution is 5.28. The number of hydrogen-bond acceptors (Lipinski definition) is 0. The summed E-state index contributed by atoms with van der Waals surface area (Å²) in [4.78, 5) is 0. The smallest absolute Gasteiger partial charge is 0.00804 e. The van der Waals surface area contributed by atoms with E-state index in [9.17, 15) is 0 Å². The molecule has 0 aromatic carbocycles. The Bertz CT molecular complexity index is 718.